The summed E-state index contributed by atoms with van der Waals surface area (Å²) < 4.78 is 7.94. The van der Waals surface area contributed by atoms with Gasteiger partial charge in [0.05, 0.1) is 22.0 Å². The molecule has 0 radical (unpaired) electrons. The number of hydrogen-bond acceptors (Lipinski definition) is 6. The number of nitro groups is 1. The molecular formula is C30H25BrN4O4. The van der Waals surface area contributed by atoms with E-state index in [0.29, 0.717) is 22.3 Å². The highest BCUT2D eigenvalue weighted by Crippen LogP contribution is 2.29. The van der Waals surface area contributed by atoms with Crippen LogP contribution in [0.3, 0.4) is 0 Å². The average Bonchev–Trinajstić information content (AvgIpc) is 2.95. The van der Waals surface area contributed by atoms with Crippen molar-refractivity contribution in [1.29, 1.82) is 0 Å². The van der Waals surface area contributed by atoms with E-state index in [1.54, 1.807) is 24.3 Å². The van der Waals surface area contributed by atoms with E-state index in [0.717, 1.165) is 27.2 Å². The molecular weight excluding hydrogens is 560 g/mol. The second-order valence-electron chi connectivity index (χ2n) is 9.21. The largest absolute Gasteiger partial charge is 0.482 e. The molecule has 0 fully saturated rings. The minimum atomic E-state index is -0.484. The van der Waals surface area contributed by atoms with Gasteiger partial charge in [0.15, 0.2) is 5.75 Å². The Kier molecular flexibility index (Phi) is 7.51. The molecule has 39 heavy (non-hydrogen) atoms. The maximum absolute atomic E-state index is 13.3. The summed E-state index contributed by atoms with van der Waals surface area (Å²) in [6.07, 6.45) is 2.19. The van der Waals surface area contributed by atoms with E-state index in [1.807, 2.05) is 62.4 Å². The molecule has 4 aromatic carbocycles. The van der Waals surface area contributed by atoms with Crippen molar-refractivity contribution < 1.29 is 9.66 Å². The molecule has 8 nitrogen and oxygen atoms in total. The Morgan fingerprint density at radius 2 is 1.87 bits per heavy atom. The number of benzene rings is 4. The maximum atomic E-state index is 13.3. The van der Waals surface area contributed by atoms with Crippen LogP contribution in [0, 0.1) is 10.1 Å². The first-order valence-corrected chi connectivity index (χ1v) is 13.3. The van der Waals surface area contributed by atoms with Crippen molar-refractivity contribution >= 4 is 49.5 Å². The van der Waals surface area contributed by atoms with E-state index >= 15 is 0 Å². The summed E-state index contributed by atoms with van der Waals surface area (Å²) in [5.74, 6) is 0.653. The molecule has 196 valence electrons. The Bertz CT molecular complexity index is 1790. The van der Waals surface area contributed by atoms with Crippen molar-refractivity contribution in [3.8, 4) is 5.75 Å². The molecule has 0 N–H and O–H groups in total. The first-order valence-electron chi connectivity index (χ1n) is 12.5. The Labute approximate surface area is 232 Å². The van der Waals surface area contributed by atoms with Crippen LogP contribution in [0.15, 0.2) is 93.2 Å². The number of halogens is 1. The molecule has 5 rings (SSSR count). The highest BCUT2D eigenvalue weighted by atomic mass is 79.9. The topological polar surface area (TPSA) is 99.6 Å². The summed E-state index contributed by atoms with van der Waals surface area (Å²) >= 11 is 3.41. The molecule has 0 aliphatic rings. The van der Waals surface area contributed by atoms with Gasteiger partial charge < -0.3 is 4.74 Å². The Morgan fingerprint density at radius 3 is 2.67 bits per heavy atom. The lowest BCUT2D eigenvalue weighted by molar-refractivity contribution is -0.385. The number of nitrogens with zero attached hydrogens (tertiary/aromatic N) is 4. The van der Waals surface area contributed by atoms with Gasteiger partial charge in [-0.15, -0.1) is 0 Å². The molecule has 1 aromatic heterocycles. The van der Waals surface area contributed by atoms with Gasteiger partial charge in [0.1, 0.15) is 12.4 Å². The highest BCUT2D eigenvalue weighted by molar-refractivity contribution is 9.10. The van der Waals surface area contributed by atoms with Gasteiger partial charge >= 0.3 is 5.69 Å². The van der Waals surface area contributed by atoms with E-state index in [-0.39, 0.29) is 29.5 Å². The van der Waals surface area contributed by atoms with Crippen LogP contribution in [-0.4, -0.2) is 20.8 Å². The van der Waals surface area contributed by atoms with Crippen molar-refractivity contribution in [1.82, 2.24) is 9.66 Å². The van der Waals surface area contributed by atoms with Crippen LogP contribution >= 0.6 is 15.9 Å². The second kappa shape index (κ2) is 11.2. The molecule has 9 heteroatoms. The highest BCUT2D eigenvalue weighted by Gasteiger charge is 2.18. The van der Waals surface area contributed by atoms with Crippen LogP contribution in [0.1, 0.15) is 43.1 Å². The van der Waals surface area contributed by atoms with Gasteiger partial charge in [0.2, 0.25) is 0 Å². The normalized spacial score (nSPS) is 12.3. The lowest BCUT2D eigenvalue weighted by atomic mass is 10.1. The van der Waals surface area contributed by atoms with Gasteiger partial charge in [-0.25, -0.2) is 4.98 Å². The second-order valence-corrected chi connectivity index (χ2v) is 10.1. The monoisotopic (exact) mass is 584 g/mol. The molecule has 0 aliphatic carbocycles. The Balaban J connectivity index is 1.48. The maximum Gasteiger partial charge on any atom is 0.311 e. The van der Waals surface area contributed by atoms with E-state index in [2.05, 4.69) is 21.0 Å². The molecule has 1 heterocycles. The molecule has 0 unspecified atom stereocenters. The summed E-state index contributed by atoms with van der Waals surface area (Å²) in [4.78, 5) is 29.5. The average molecular weight is 585 g/mol. The first-order chi connectivity index (χ1) is 18.9. The van der Waals surface area contributed by atoms with Crippen LogP contribution in [0.4, 0.5) is 5.69 Å². The van der Waals surface area contributed by atoms with Gasteiger partial charge in [-0.05, 0) is 53.1 Å². The molecule has 0 amide bonds. The SMILES string of the molecule is CC[C@@H](C)c1nc2ccc(Br)cc2c(=O)n1N=Cc1ccc(OCc2cccc3ccccc23)c([N+](=O)[O-])c1. The summed E-state index contributed by atoms with van der Waals surface area (Å²) in [6, 6.07) is 23.8. The van der Waals surface area contributed by atoms with Crippen molar-refractivity contribution in [2.75, 3.05) is 0 Å². The van der Waals surface area contributed by atoms with Crippen LogP contribution in [0.5, 0.6) is 5.75 Å². The van der Waals surface area contributed by atoms with Crippen LogP contribution < -0.4 is 10.3 Å². The first kappa shape index (κ1) is 26.2. The number of nitro benzene ring substituents is 1. The quantitative estimate of drug-likeness (QED) is 0.109. The minimum absolute atomic E-state index is 0.0259. The standard InChI is InChI=1S/C30H25BrN4O4/c1-3-19(2)29-33-26-13-12-23(31)16-25(26)30(36)34(29)32-17-20-11-14-28(27(15-20)35(37)38)39-18-22-9-6-8-21-7-4-5-10-24(21)22/h4-17,19H,3,18H2,1-2H3/t19-/m1/s1. The van der Waals surface area contributed by atoms with Gasteiger partial charge in [-0.3, -0.25) is 14.9 Å². The van der Waals surface area contributed by atoms with Crippen LogP contribution in [-0.2, 0) is 6.61 Å². The van der Waals surface area contributed by atoms with Crippen molar-refractivity contribution in [2.24, 2.45) is 5.10 Å². The molecule has 5 aromatic rings. The zero-order chi connectivity index (χ0) is 27.5. The third kappa shape index (κ3) is 5.44. The van der Waals surface area contributed by atoms with E-state index in [1.165, 1.54) is 17.0 Å². The van der Waals surface area contributed by atoms with Crippen molar-refractivity contribution in [3.05, 3.63) is 121 Å². The molecule has 0 aliphatic heterocycles. The van der Waals surface area contributed by atoms with Gasteiger partial charge in [0, 0.05) is 22.0 Å². The number of fused-ring (bicyclic) bond motifs is 2. The van der Waals surface area contributed by atoms with Gasteiger partial charge in [0.25, 0.3) is 5.56 Å². The number of ether oxygens (including phenoxy) is 1. The molecule has 0 saturated heterocycles. The fourth-order valence-electron chi connectivity index (χ4n) is 4.36. The van der Waals surface area contributed by atoms with E-state index in [4.69, 9.17) is 9.72 Å². The van der Waals surface area contributed by atoms with Gasteiger partial charge in [-0.1, -0.05) is 72.2 Å². The summed E-state index contributed by atoms with van der Waals surface area (Å²) in [5.41, 5.74) is 1.48. The number of rotatable bonds is 8. The predicted octanol–water partition coefficient (Wildman–Crippen LogP) is 7.20. The van der Waals surface area contributed by atoms with Gasteiger partial charge in [-0.2, -0.15) is 9.78 Å². The number of aromatic nitrogens is 2. The Hall–Kier alpha value is -4.37. The smallest absolute Gasteiger partial charge is 0.311 e. The lowest BCUT2D eigenvalue weighted by Crippen LogP contribution is -2.23. The Morgan fingerprint density at radius 1 is 1.08 bits per heavy atom. The lowest BCUT2D eigenvalue weighted by Gasteiger charge is -2.14. The summed E-state index contributed by atoms with van der Waals surface area (Å²) in [7, 11) is 0. The summed E-state index contributed by atoms with van der Waals surface area (Å²) in [6.45, 7) is 4.17. The fraction of sp³-hybridized carbons (Fsp3) is 0.167. The predicted molar refractivity (Wildman–Crippen MR) is 157 cm³/mol. The van der Waals surface area contributed by atoms with E-state index < -0.39 is 4.92 Å². The van der Waals surface area contributed by atoms with Crippen LogP contribution in [0.2, 0.25) is 0 Å². The van der Waals surface area contributed by atoms with Crippen LogP contribution in [0.25, 0.3) is 21.7 Å². The zero-order valence-electron chi connectivity index (χ0n) is 21.4. The molecule has 0 spiro atoms. The minimum Gasteiger partial charge on any atom is -0.482 e. The molecule has 1 atom stereocenters. The summed E-state index contributed by atoms with van der Waals surface area (Å²) in [5, 5.41) is 18.9. The zero-order valence-corrected chi connectivity index (χ0v) is 23.0. The fourth-order valence-corrected chi connectivity index (χ4v) is 4.72. The van der Waals surface area contributed by atoms with Crippen molar-refractivity contribution in [2.45, 2.75) is 32.8 Å². The third-order valence-electron chi connectivity index (χ3n) is 6.65. The number of hydrogen-bond donors (Lipinski definition) is 0. The van der Waals surface area contributed by atoms with Crippen molar-refractivity contribution in [3.63, 3.8) is 0 Å². The molecule has 0 saturated carbocycles. The third-order valence-corrected chi connectivity index (χ3v) is 7.14. The van der Waals surface area contributed by atoms with E-state index in [9.17, 15) is 14.9 Å². The molecule has 0 bridgehead atoms.